The molecule has 0 fully saturated rings. The predicted octanol–water partition coefficient (Wildman–Crippen LogP) is 0.601. The van der Waals surface area contributed by atoms with Crippen molar-refractivity contribution >= 4 is 11.5 Å². The molecule has 0 radical (unpaired) electrons. The molecule has 0 aliphatic heterocycles. The van der Waals surface area contributed by atoms with Crippen LogP contribution in [0.1, 0.15) is 5.69 Å². The Morgan fingerprint density at radius 2 is 2.17 bits per heavy atom. The maximum Gasteiger partial charge on any atom is 0.165 e. The quantitative estimate of drug-likeness (QED) is 0.656. The lowest BCUT2D eigenvalue weighted by Crippen LogP contribution is -2.11. The van der Waals surface area contributed by atoms with Crippen molar-refractivity contribution < 1.29 is 0 Å². The van der Waals surface area contributed by atoms with E-state index in [1.807, 2.05) is 25.1 Å². The molecule has 0 amide bonds. The van der Waals surface area contributed by atoms with Crippen molar-refractivity contribution in [3.05, 3.63) is 17.8 Å². The molecule has 1 aromatic heterocycles. The highest BCUT2D eigenvalue weighted by molar-refractivity contribution is 5.54. The molecule has 4 heteroatoms. The third-order valence-electron chi connectivity index (χ3n) is 1.48. The summed E-state index contributed by atoms with van der Waals surface area (Å²) in [5.74, 6) is 0.737. The Bertz CT molecular complexity index is 324. The van der Waals surface area contributed by atoms with Gasteiger partial charge in [0, 0.05) is 14.1 Å². The van der Waals surface area contributed by atoms with Crippen LogP contribution in [0.4, 0.5) is 11.5 Å². The molecule has 0 aliphatic carbocycles. The standard InChI is InChI=1S/C8H10N4/c1-12(2)8-4-3-6(10)7(5-9)11-8/h3-4H,10H2,1-2H3. The van der Waals surface area contributed by atoms with Gasteiger partial charge in [0.2, 0.25) is 0 Å². The van der Waals surface area contributed by atoms with Gasteiger partial charge in [-0.2, -0.15) is 5.26 Å². The van der Waals surface area contributed by atoms with Crippen molar-refractivity contribution in [2.24, 2.45) is 0 Å². The Morgan fingerprint density at radius 3 is 2.67 bits per heavy atom. The van der Waals surface area contributed by atoms with E-state index in [9.17, 15) is 0 Å². The summed E-state index contributed by atoms with van der Waals surface area (Å²) in [5, 5.41) is 8.61. The molecule has 0 unspecified atom stereocenters. The zero-order valence-corrected chi connectivity index (χ0v) is 7.07. The van der Waals surface area contributed by atoms with Crippen LogP contribution < -0.4 is 10.6 Å². The van der Waals surface area contributed by atoms with E-state index in [-0.39, 0.29) is 5.69 Å². The fourth-order valence-corrected chi connectivity index (χ4v) is 0.798. The number of hydrogen-bond acceptors (Lipinski definition) is 4. The molecule has 0 saturated carbocycles. The van der Waals surface area contributed by atoms with Crippen LogP contribution in [-0.2, 0) is 0 Å². The van der Waals surface area contributed by atoms with Gasteiger partial charge >= 0.3 is 0 Å². The third kappa shape index (κ3) is 1.45. The van der Waals surface area contributed by atoms with Gasteiger partial charge in [-0.25, -0.2) is 4.98 Å². The molecule has 0 aliphatic rings. The molecule has 0 spiro atoms. The highest BCUT2D eigenvalue weighted by atomic mass is 15.1. The van der Waals surface area contributed by atoms with E-state index in [1.54, 1.807) is 12.1 Å². The second-order valence-corrected chi connectivity index (χ2v) is 2.61. The number of nitrogens with two attached hydrogens (primary N) is 1. The Kier molecular flexibility index (Phi) is 2.15. The van der Waals surface area contributed by atoms with Crippen molar-refractivity contribution in [3.63, 3.8) is 0 Å². The van der Waals surface area contributed by atoms with Crippen LogP contribution in [0.2, 0.25) is 0 Å². The minimum atomic E-state index is 0.279. The summed E-state index contributed by atoms with van der Waals surface area (Å²) >= 11 is 0. The van der Waals surface area contributed by atoms with Crippen molar-refractivity contribution in [1.82, 2.24) is 4.98 Å². The van der Waals surface area contributed by atoms with Crippen LogP contribution in [0.5, 0.6) is 0 Å². The van der Waals surface area contributed by atoms with E-state index in [4.69, 9.17) is 11.0 Å². The number of nitrogens with zero attached hydrogens (tertiary/aromatic N) is 3. The molecule has 4 nitrogen and oxygen atoms in total. The Hall–Kier alpha value is -1.76. The van der Waals surface area contributed by atoms with Gasteiger partial charge in [-0.05, 0) is 12.1 Å². The van der Waals surface area contributed by atoms with Crippen molar-refractivity contribution in [1.29, 1.82) is 5.26 Å². The summed E-state index contributed by atoms with van der Waals surface area (Å²) in [5.41, 5.74) is 6.20. The van der Waals surface area contributed by atoms with Crippen LogP contribution in [0.25, 0.3) is 0 Å². The summed E-state index contributed by atoms with van der Waals surface area (Å²) in [6.45, 7) is 0. The normalized spacial score (nSPS) is 9.08. The molecule has 1 aromatic rings. The van der Waals surface area contributed by atoms with E-state index < -0.39 is 0 Å². The average molecular weight is 162 g/mol. The Balaban J connectivity index is 3.16. The van der Waals surface area contributed by atoms with Crippen molar-refractivity contribution in [2.75, 3.05) is 24.7 Å². The fraction of sp³-hybridized carbons (Fsp3) is 0.250. The molecule has 62 valence electrons. The zero-order chi connectivity index (χ0) is 9.14. The predicted molar refractivity (Wildman–Crippen MR) is 47.7 cm³/mol. The zero-order valence-electron chi connectivity index (χ0n) is 7.07. The lowest BCUT2D eigenvalue weighted by molar-refractivity contribution is 1.06. The number of aromatic nitrogens is 1. The third-order valence-corrected chi connectivity index (χ3v) is 1.48. The molecule has 0 aromatic carbocycles. The first-order valence-corrected chi connectivity index (χ1v) is 3.49. The smallest absolute Gasteiger partial charge is 0.165 e. The minimum Gasteiger partial charge on any atom is -0.396 e. The highest BCUT2D eigenvalue weighted by Gasteiger charge is 2.02. The van der Waals surface area contributed by atoms with Gasteiger partial charge in [0.15, 0.2) is 5.69 Å². The summed E-state index contributed by atoms with van der Waals surface area (Å²) in [4.78, 5) is 5.85. The maximum absolute atomic E-state index is 8.61. The molecule has 1 rings (SSSR count). The van der Waals surface area contributed by atoms with Gasteiger partial charge in [0.25, 0.3) is 0 Å². The van der Waals surface area contributed by atoms with E-state index in [0.29, 0.717) is 5.69 Å². The van der Waals surface area contributed by atoms with Gasteiger partial charge in [0.05, 0.1) is 5.69 Å². The molecular formula is C8H10N4. The Labute approximate surface area is 71.2 Å². The first kappa shape index (κ1) is 8.34. The van der Waals surface area contributed by atoms with E-state index in [1.165, 1.54) is 0 Å². The van der Waals surface area contributed by atoms with Gasteiger partial charge in [-0.3, -0.25) is 0 Å². The van der Waals surface area contributed by atoms with Gasteiger partial charge < -0.3 is 10.6 Å². The number of pyridine rings is 1. The molecule has 0 atom stereocenters. The SMILES string of the molecule is CN(C)c1ccc(N)c(C#N)n1. The van der Waals surface area contributed by atoms with E-state index in [0.717, 1.165) is 5.82 Å². The molecule has 0 bridgehead atoms. The molecule has 12 heavy (non-hydrogen) atoms. The average Bonchev–Trinajstić information content (AvgIpc) is 2.05. The number of nitrogen functional groups attached to an aromatic ring is 1. The topological polar surface area (TPSA) is 65.9 Å². The highest BCUT2D eigenvalue weighted by Crippen LogP contribution is 2.13. The monoisotopic (exact) mass is 162 g/mol. The second kappa shape index (κ2) is 3.09. The van der Waals surface area contributed by atoms with E-state index in [2.05, 4.69) is 4.98 Å². The van der Waals surface area contributed by atoms with Crippen molar-refractivity contribution in [3.8, 4) is 6.07 Å². The van der Waals surface area contributed by atoms with Gasteiger partial charge in [0.1, 0.15) is 11.9 Å². The number of nitriles is 1. The van der Waals surface area contributed by atoms with Crippen LogP contribution in [-0.4, -0.2) is 19.1 Å². The first-order chi connectivity index (χ1) is 5.65. The summed E-state index contributed by atoms with van der Waals surface area (Å²) < 4.78 is 0. The first-order valence-electron chi connectivity index (χ1n) is 3.49. The second-order valence-electron chi connectivity index (χ2n) is 2.61. The lowest BCUT2D eigenvalue weighted by Gasteiger charge is -2.11. The van der Waals surface area contributed by atoms with Crippen LogP contribution in [0, 0.1) is 11.3 Å². The van der Waals surface area contributed by atoms with Crippen LogP contribution in [0.15, 0.2) is 12.1 Å². The molecular weight excluding hydrogens is 152 g/mol. The summed E-state index contributed by atoms with van der Waals surface area (Å²) in [7, 11) is 3.72. The summed E-state index contributed by atoms with van der Waals surface area (Å²) in [6.07, 6.45) is 0. The summed E-state index contributed by atoms with van der Waals surface area (Å²) in [6, 6.07) is 5.38. The molecule has 2 N–H and O–H groups in total. The van der Waals surface area contributed by atoms with Crippen LogP contribution >= 0.6 is 0 Å². The lowest BCUT2D eigenvalue weighted by atomic mass is 10.3. The minimum absolute atomic E-state index is 0.279. The number of hydrogen-bond donors (Lipinski definition) is 1. The van der Waals surface area contributed by atoms with Gasteiger partial charge in [-0.15, -0.1) is 0 Å². The van der Waals surface area contributed by atoms with Gasteiger partial charge in [-0.1, -0.05) is 0 Å². The molecule has 1 heterocycles. The van der Waals surface area contributed by atoms with E-state index >= 15 is 0 Å². The Morgan fingerprint density at radius 1 is 1.50 bits per heavy atom. The fourth-order valence-electron chi connectivity index (χ4n) is 0.798. The van der Waals surface area contributed by atoms with Crippen molar-refractivity contribution in [2.45, 2.75) is 0 Å². The number of anilines is 2. The van der Waals surface area contributed by atoms with Crippen LogP contribution in [0.3, 0.4) is 0 Å². The number of rotatable bonds is 1. The molecule has 0 saturated heterocycles. The largest absolute Gasteiger partial charge is 0.396 e. The maximum atomic E-state index is 8.61.